The Morgan fingerprint density at radius 3 is 3.00 bits per heavy atom. The van der Waals surface area contributed by atoms with E-state index < -0.39 is 0 Å². The molecule has 4 heterocycles. The normalized spacial score (nSPS) is 11.1. The SMILES string of the molecule is CCc1cc(-c2cccnc2)n(-c2ncnc3ccsc23)n1. The van der Waals surface area contributed by atoms with Gasteiger partial charge in [-0.25, -0.2) is 14.6 Å². The molecule has 0 unspecified atom stereocenters. The highest BCUT2D eigenvalue weighted by Crippen LogP contribution is 2.28. The molecular formula is C16H13N5S. The molecule has 6 heteroatoms. The van der Waals surface area contributed by atoms with Gasteiger partial charge >= 0.3 is 0 Å². The summed E-state index contributed by atoms with van der Waals surface area (Å²) in [5.74, 6) is 0.818. The van der Waals surface area contributed by atoms with E-state index in [4.69, 9.17) is 5.10 Å². The zero-order valence-electron chi connectivity index (χ0n) is 12.0. The Morgan fingerprint density at radius 1 is 1.23 bits per heavy atom. The molecule has 0 N–H and O–H groups in total. The summed E-state index contributed by atoms with van der Waals surface area (Å²) >= 11 is 1.63. The van der Waals surface area contributed by atoms with Crippen LogP contribution >= 0.6 is 11.3 Å². The number of pyridine rings is 1. The first-order valence-electron chi connectivity index (χ1n) is 7.04. The van der Waals surface area contributed by atoms with Crippen molar-refractivity contribution in [2.45, 2.75) is 13.3 Å². The van der Waals surface area contributed by atoms with Gasteiger partial charge in [-0.1, -0.05) is 6.92 Å². The summed E-state index contributed by atoms with van der Waals surface area (Å²) in [7, 11) is 0. The Balaban J connectivity index is 1.99. The fraction of sp³-hybridized carbons (Fsp3) is 0.125. The lowest BCUT2D eigenvalue weighted by atomic mass is 10.2. The zero-order chi connectivity index (χ0) is 14.9. The number of aromatic nitrogens is 5. The molecule has 0 fully saturated rings. The molecule has 0 aromatic carbocycles. The quantitative estimate of drug-likeness (QED) is 0.581. The molecule has 0 aliphatic carbocycles. The minimum atomic E-state index is 0.818. The van der Waals surface area contributed by atoms with Gasteiger partial charge in [0, 0.05) is 18.0 Å². The van der Waals surface area contributed by atoms with E-state index in [0.29, 0.717) is 0 Å². The maximum absolute atomic E-state index is 4.71. The van der Waals surface area contributed by atoms with Crippen molar-refractivity contribution in [3.8, 4) is 17.1 Å². The van der Waals surface area contributed by atoms with Crippen LogP contribution in [0, 0.1) is 0 Å². The van der Waals surface area contributed by atoms with E-state index in [0.717, 1.165) is 39.4 Å². The minimum Gasteiger partial charge on any atom is -0.264 e. The number of nitrogens with zero attached hydrogens (tertiary/aromatic N) is 5. The van der Waals surface area contributed by atoms with Gasteiger partial charge in [0.15, 0.2) is 5.82 Å². The third kappa shape index (κ3) is 2.08. The van der Waals surface area contributed by atoms with Crippen LogP contribution in [0.3, 0.4) is 0 Å². The largest absolute Gasteiger partial charge is 0.264 e. The minimum absolute atomic E-state index is 0.818. The lowest BCUT2D eigenvalue weighted by Gasteiger charge is -2.07. The second-order valence-electron chi connectivity index (χ2n) is 4.86. The smallest absolute Gasteiger partial charge is 0.175 e. The van der Waals surface area contributed by atoms with E-state index in [9.17, 15) is 0 Å². The summed E-state index contributed by atoms with van der Waals surface area (Å²) < 4.78 is 2.94. The van der Waals surface area contributed by atoms with Crippen LogP contribution in [0.15, 0.2) is 48.4 Å². The molecule has 0 saturated heterocycles. The van der Waals surface area contributed by atoms with Gasteiger partial charge in [-0.2, -0.15) is 5.10 Å². The Bertz CT molecular complexity index is 926. The summed E-state index contributed by atoms with van der Waals surface area (Å²) in [5.41, 5.74) is 4.00. The Labute approximate surface area is 131 Å². The molecule has 5 nitrogen and oxygen atoms in total. The van der Waals surface area contributed by atoms with Crippen LogP contribution in [-0.4, -0.2) is 24.7 Å². The number of hydrogen-bond acceptors (Lipinski definition) is 5. The summed E-state index contributed by atoms with van der Waals surface area (Å²) in [6.07, 6.45) is 6.08. The molecule has 0 radical (unpaired) electrons. The highest BCUT2D eigenvalue weighted by atomic mass is 32.1. The molecule has 22 heavy (non-hydrogen) atoms. The molecule has 0 saturated carbocycles. The van der Waals surface area contributed by atoms with Crippen molar-refractivity contribution in [1.82, 2.24) is 24.7 Å². The summed E-state index contributed by atoms with van der Waals surface area (Å²) in [4.78, 5) is 13.0. The fourth-order valence-electron chi connectivity index (χ4n) is 2.41. The van der Waals surface area contributed by atoms with Gasteiger partial charge in [-0.05, 0) is 36.1 Å². The van der Waals surface area contributed by atoms with E-state index in [2.05, 4.69) is 27.9 Å². The van der Waals surface area contributed by atoms with Crippen molar-refractivity contribution < 1.29 is 0 Å². The average molecular weight is 307 g/mol. The molecule has 108 valence electrons. The van der Waals surface area contributed by atoms with Crippen molar-refractivity contribution in [2.75, 3.05) is 0 Å². The van der Waals surface area contributed by atoms with Gasteiger partial charge in [0.1, 0.15) is 6.33 Å². The highest BCUT2D eigenvalue weighted by molar-refractivity contribution is 7.17. The predicted octanol–water partition coefficient (Wildman–Crippen LogP) is 3.50. The van der Waals surface area contributed by atoms with Gasteiger partial charge in [-0.3, -0.25) is 4.98 Å². The van der Waals surface area contributed by atoms with Crippen molar-refractivity contribution in [3.05, 3.63) is 54.1 Å². The van der Waals surface area contributed by atoms with Gasteiger partial charge in [0.05, 0.1) is 21.6 Å². The lowest BCUT2D eigenvalue weighted by molar-refractivity contribution is 0.826. The fourth-order valence-corrected chi connectivity index (χ4v) is 3.23. The topological polar surface area (TPSA) is 56.5 Å². The first kappa shape index (κ1) is 13.1. The first-order valence-corrected chi connectivity index (χ1v) is 7.92. The van der Waals surface area contributed by atoms with Crippen LogP contribution in [-0.2, 0) is 6.42 Å². The van der Waals surface area contributed by atoms with Crippen LogP contribution in [0.2, 0.25) is 0 Å². The summed E-state index contributed by atoms with van der Waals surface area (Å²) in [6, 6.07) is 8.06. The van der Waals surface area contributed by atoms with Crippen molar-refractivity contribution in [1.29, 1.82) is 0 Å². The number of hydrogen-bond donors (Lipinski definition) is 0. The van der Waals surface area contributed by atoms with E-state index in [1.54, 1.807) is 23.9 Å². The average Bonchev–Trinajstić information content (AvgIpc) is 3.22. The van der Waals surface area contributed by atoms with Crippen LogP contribution in [0.1, 0.15) is 12.6 Å². The second-order valence-corrected chi connectivity index (χ2v) is 5.78. The Morgan fingerprint density at radius 2 is 2.18 bits per heavy atom. The lowest BCUT2D eigenvalue weighted by Crippen LogP contribution is -2.03. The molecule has 0 aliphatic heterocycles. The third-order valence-electron chi connectivity index (χ3n) is 3.50. The molecule has 0 atom stereocenters. The maximum Gasteiger partial charge on any atom is 0.175 e. The second kappa shape index (κ2) is 5.31. The van der Waals surface area contributed by atoms with E-state index in [1.807, 2.05) is 34.5 Å². The highest BCUT2D eigenvalue weighted by Gasteiger charge is 2.15. The van der Waals surface area contributed by atoms with Crippen molar-refractivity contribution >= 4 is 21.6 Å². The van der Waals surface area contributed by atoms with E-state index >= 15 is 0 Å². The molecule has 0 bridgehead atoms. The first-order chi connectivity index (χ1) is 10.9. The van der Waals surface area contributed by atoms with Crippen LogP contribution < -0.4 is 0 Å². The molecule has 4 rings (SSSR count). The number of thiophene rings is 1. The molecule has 4 aromatic heterocycles. The van der Waals surface area contributed by atoms with Gasteiger partial charge < -0.3 is 0 Å². The molecule has 0 aliphatic rings. The van der Waals surface area contributed by atoms with Crippen LogP contribution in [0.25, 0.3) is 27.3 Å². The van der Waals surface area contributed by atoms with E-state index in [1.165, 1.54) is 0 Å². The Hall–Kier alpha value is -2.60. The molecule has 0 spiro atoms. The number of rotatable bonds is 3. The maximum atomic E-state index is 4.71. The molecule has 0 amide bonds. The van der Waals surface area contributed by atoms with Gasteiger partial charge in [-0.15, -0.1) is 11.3 Å². The predicted molar refractivity (Wildman–Crippen MR) is 87.1 cm³/mol. The molecular weight excluding hydrogens is 294 g/mol. The number of aryl methyl sites for hydroxylation is 1. The summed E-state index contributed by atoms with van der Waals surface area (Å²) in [6.45, 7) is 2.10. The van der Waals surface area contributed by atoms with Crippen molar-refractivity contribution in [2.24, 2.45) is 0 Å². The number of fused-ring (bicyclic) bond motifs is 1. The molecule has 4 aromatic rings. The van der Waals surface area contributed by atoms with Crippen LogP contribution in [0.5, 0.6) is 0 Å². The van der Waals surface area contributed by atoms with Crippen LogP contribution in [0.4, 0.5) is 0 Å². The third-order valence-corrected chi connectivity index (χ3v) is 4.40. The Kier molecular flexibility index (Phi) is 3.16. The zero-order valence-corrected chi connectivity index (χ0v) is 12.8. The standard InChI is InChI=1S/C16H13N5S/c1-2-12-8-14(11-4-3-6-17-9-11)21(20-12)16-15-13(5-7-22-15)18-10-19-16/h3-10H,2H2,1H3. The monoisotopic (exact) mass is 307 g/mol. The van der Waals surface area contributed by atoms with E-state index in [-0.39, 0.29) is 0 Å². The summed E-state index contributed by atoms with van der Waals surface area (Å²) in [5, 5.41) is 6.73. The van der Waals surface area contributed by atoms with Gasteiger partial charge in [0.25, 0.3) is 0 Å². The van der Waals surface area contributed by atoms with Crippen molar-refractivity contribution in [3.63, 3.8) is 0 Å². The van der Waals surface area contributed by atoms with Gasteiger partial charge in [0.2, 0.25) is 0 Å².